The summed E-state index contributed by atoms with van der Waals surface area (Å²) < 4.78 is 1.98. The Morgan fingerprint density at radius 2 is 2.12 bits per heavy atom. The normalized spacial score (nSPS) is 16.9. The van der Waals surface area contributed by atoms with Crippen molar-refractivity contribution in [2.45, 2.75) is 19.3 Å². The third-order valence-corrected chi connectivity index (χ3v) is 3.48. The molecule has 0 amide bonds. The quantitative estimate of drug-likeness (QED) is 0.873. The molecule has 3 rings (SSSR count). The molecule has 90 valence electrons. The molecule has 0 spiro atoms. The van der Waals surface area contributed by atoms with Gasteiger partial charge in [-0.1, -0.05) is 0 Å². The summed E-state index contributed by atoms with van der Waals surface area (Å²) in [5.74, 6) is 1.33. The van der Waals surface area contributed by atoms with Crippen molar-refractivity contribution in [2.75, 3.05) is 19.6 Å². The highest BCUT2D eigenvalue weighted by Crippen LogP contribution is 2.19. The van der Waals surface area contributed by atoms with Gasteiger partial charge in [0.05, 0.1) is 6.20 Å². The molecule has 3 heterocycles. The van der Waals surface area contributed by atoms with E-state index in [2.05, 4.69) is 9.88 Å². The van der Waals surface area contributed by atoms with Crippen LogP contribution in [-0.2, 0) is 6.42 Å². The fourth-order valence-corrected chi connectivity index (χ4v) is 2.51. The van der Waals surface area contributed by atoms with E-state index in [9.17, 15) is 5.11 Å². The topological polar surface area (TPSA) is 40.8 Å². The van der Waals surface area contributed by atoms with E-state index in [1.54, 1.807) is 12.3 Å². The van der Waals surface area contributed by atoms with Crippen LogP contribution in [-0.4, -0.2) is 39.0 Å². The average Bonchev–Trinajstić information content (AvgIpc) is 2.95. The van der Waals surface area contributed by atoms with E-state index in [1.165, 1.54) is 25.9 Å². The summed E-state index contributed by atoms with van der Waals surface area (Å²) >= 11 is 0. The Hall–Kier alpha value is -1.55. The van der Waals surface area contributed by atoms with E-state index in [0.29, 0.717) is 5.75 Å². The van der Waals surface area contributed by atoms with Crippen LogP contribution in [0.2, 0.25) is 0 Å². The van der Waals surface area contributed by atoms with E-state index in [0.717, 1.165) is 24.3 Å². The Morgan fingerprint density at radius 3 is 2.94 bits per heavy atom. The number of aromatic nitrogens is 2. The molecule has 2 aromatic rings. The summed E-state index contributed by atoms with van der Waals surface area (Å²) in [5, 5.41) is 9.69. The van der Waals surface area contributed by atoms with Crippen molar-refractivity contribution in [1.82, 2.24) is 14.3 Å². The fourth-order valence-electron chi connectivity index (χ4n) is 2.51. The van der Waals surface area contributed by atoms with Crippen LogP contribution in [0.4, 0.5) is 0 Å². The zero-order valence-electron chi connectivity index (χ0n) is 9.84. The minimum absolute atomic E-state index is 0.299. The summed E-state index contributed by atoms with van der Waals surface area (Å²) in [6.45, 7) is 3.50. The predicted molar refractivity (Wildman–Crippen MR) is 66.2 cm³/mol. The Labute approximate surface area is 101 Å². The predicted octanol–water partition coefficient (Wildman–Crippen LogP) is 1.68. The van der Waals surface area contributed by atoms with E-state index in [4.69, 9.17) is 0 Å². The van der Waals surface area contributed by atoms with E-state index in [1.807, 2.05) is 16.7 Å². The van der Waals surface area contributed by atoms with Crippen LogP contribution in [0.25, 0.3) is 5.52 Å². The molecule has 1 fully saturated rings. The molecule has 0 radical (unpaired) electrons. The van der Waals surface area contributed by atoms with Crippen LogP contribution in [0.1, 0.15) is 18.7 Å². The number of rotatable bonds is 3. The first kappa shape index (κ1) is 10.6. The Morgan fingerprint density at radius 1 is 1.29 bits per heavy atom. The van der Waals surface area contributed by atoms with Gasteiger partial charge in [-0.05, 0) is 38.1 Å². The Kier molecular flexibility index (Phi) is 2.73. The van der Waals surface area contributed by atoms with Gasteiger partial charge in [-0.15, -0.1) is 0 Å². The van der Waals surface area contributed by atoms with Gasteiger partial charge in [-0.2, -0.15) is 0 Å². The second-order valence-corrected chi connectivity index (χ2v) is 4.62. The molecule has 1 saturated heterocycles. The van der Waals surface area contributed by atoms with Gasteiger partial charge in [-0.25, -0.2) is 4.98 Å². The SMILES string of the molecule is Oc1cccn2c(CCN3CCCC3)ncc12. The number of likely N-dealkylation sites (tertiary alicyclic amines) is 1. The van der Waals surface area contributed by atoms with Gasteiger partial charge in [0.15, 0.2) is 0 Å². The highest BCUT2D eigenvalue weighted by molar-refractivity contribution is 5.58. The minimum Gasteiger partial charge on any atom is -0.506 e. The van der Waals surface area contributed by atoms with Crippen LogP contribution in [0, 0.1) is 0 Å². The van der Waals surface area contributed by atoms with Gasteiger partial charge >= 0.3 is 0 Å². The summed E-state index contributed by atoms with van der Waals surface area (Å²) in [7, 11) is 0. The zero-order chi connectivity index (χ0) is 11.7. The maximum absolute atomic E-state index is 9.69. The van der Waals surface area contributed by atoms with E-state index in [-0.39, 0.29) is 0 Å². The van der Waals surface area contributed by atoms with Crippen molar-refractivity contribution >= 4 is 5.52 Å². The van der Waals surface area contributed by atoms with Crippen LogP contribution < -0.4 is 0 Å². The van der Waals surface area contributed by atoms with Crippen molar-refractivity contribution in [3.05, 3.63) is 30.4 Å². The van der Waals surface area contributed by atoms with Gasteiger partial charge in [0, 0.05) is 19.2 Å². The second kappa shape index (κ2) is 4.37. The van der Waals surface area contributed by atoms with E-state index < -0.39 is 0 Å². The van der Waals surface area contributed by atoms with Gasteiger partial charge in [0.1, 0.15) is 17.1 Å². The molecular weight excluding hydrogens is 214 g/mol. The van der Waals surface area contributed by atoms with E-state index >= 15 is 0 Å². The second-order valence-electron chi connectivity index (χ2n) is 4.62. The molecule has 0 aromatic carbocycles. The molecule has 0 saturated carbocycles. The number of aromatic hydroxyl groups is 1. The average molecular weight is 231 g/mol. The molecule has 4 nitrogen and oxygen atoms in total. The van der Waals surface area contributed by atoms with Crippen molar-refractivity contribution < 1.29 is 5.11 Å². The summed E-state index contributed by atoms with van der Waals surface area (Å²) in [6, 6.07) is 3.55. The van der Waals surface area contributed by atoms with Gasteiger partial charge in [0.2, 0.25) is 0 Å². The van der Waals surface area contributed by atoms with Gasteiger partial charge < -0.3 is 14.4 Å². The number of nitrogens with zero attached hydrogens (tertiary/aromatic N) is 3. The number of pyridine rings is 1. The van der Waals surface area contributed by atoms with Crippen molar-refractivity contribution in [2.24, 2.45) is 0 Å². The first-order chi connectivity index (χ1) is 8.34. The summed E-state index contributed by atoms with van der Waals surface area (Å²) in [5.41, 5.74) is 0.795. The summed E-state index contributed by atoms with van der Waals surface area (Å²) in [4.78, 5) is 6.87. The lowest BCUT2D eigenvalue weighted by Gasteiger charge is -2.13. The highest BCUT2D eigenvalue weighted by atomic mass is 16.3. The largest absolute Gasteiger partial charge is 0.506 e. The standard InChI is InChI=1S/C13H17N3O/c17-12-4-3-8-16-11(12)10-14-13(16)5-9-15-6-1-2-7-15/h3-4,8,10,17H,1-2,5-7,9H2. The monoisotopic (exact) mass is 231 g/mol. The van der Waals surface area contributed by atoms with Gasteiger partial charge in [0.25, 0.3) is 0 Å². The number of hydrogen-bond acceptors (Lipinski definition) is 3. The Bertz CT molecular complexity index is 514. The molecule has 0 unspecified atom stereocenters. The lowest BCUT2D eigenvalue weighted by atomic mass is 10.3. The third kappa shape index (κ3) is 2.00. The van der Waals surface area contributed by atoms with Crippen molar-refractivity contribution in [3.63, 3.8) is 0 Å². The molecule has 0 aliphatic carbocycles. The fraction of sp³-hybridized carbons (Fsp3) is 0.462. The molecule has 0 bridgehead atoms. The first-order valence-corrected chi connectivity index (χ1v) is 6.21. The molecule has 0 atom stereocenters. The molecule has 4 heteroatoms. The molecule has 1 N–H and O–H groups in total. The molecule has 1 aliphatic heterocycles. The summed E-state index contributed by atoms with van der Waals surface area (Å²) in [6.07, 6.45) is 7.29. The smallest absolute Gasteiger partial charge is 0.141 e. The van der Waals surface area contributed by atoms with Crippen LogP contribution in [0.5, 0.6) is 5.75 Å². The van der Waals surface area contributed by atoms with Crippen LogP contribution in [0.15, 0.2) is 24.5 Å². The maximum Gasteiger partial charge on any atom is 0.141 e. The number of hydrogen-bond donors (Lipinski definition) is 1. The molecule has 2 aromatic heterocycles. The van der Waals surface area contributed by atoms with Gasteiger partial charge in [-0.3, -0.25) is 0 Å². The highest BCUT2D eigenvalue weighted by Gasteiger charge is 2.13. The maximum atomic E-state index is 9.69. The van der Waals surface area contributed by atoms with Crippen LogP contribution >= 0.6 is 0 Å². The third-order valence-electron chi connectivity index (χ3n) is 3.48. The van der Waals surface area contributed by atoms with Crippen molar-refractivity contribution in [1.29, 1.82) is 0 Å². The zero-order valence-corrected chi connectivity index (χ0v) is 9.84. The lowest BCUT2D eigenvalue weighted by Crippen LogP contribution is -2.22. The Balaban J connectivity index is 1.78. The van der Waals surface area contributed by atoms with Crippen molar-refractivity contribution in [3.8, 4) is 5.75 Å². The molecule has 1 aliphatic rings. The minimum atomic E-state index is 0.299. The van der Waals surface area contributed by atoms with Crippen LogP contribution in [0.3, 0.4) is 0 Å². The lowest BCUT2D eigenvalue weighted by molar-refractivity contribution is 0.340. The first-order valence-electron chi connectivity index (χ1n) is 6.21. The number of fused-ring (bicyclic) bond motifs is 1. The molecule has 17 heavy (non-hydrogen) atoms. The molecular formula is C13H17N3O. The number of imidazole rings is 1.